The lowest BCUT2D eigenvalue weighted by Gasteiger charge is -2.19. The minimum Gasteiger partial charge on any atom is -0.309 e. The molecule has 0 spiro atoms. The van der Waals surface area contributed by atoms with E-state index in [1.54, 1.807) is 0 Å². The molecular formula is C39H29N. The smallest absolute Gasteiger partial charge is 0.0541 e. The Kier molecular flexibility index (Phi) is 5.91. The van der Waals surface area contributed by atoms with Gasteiger partial charge in [-0.2, -0.15) is 0 Å². The van der Waals surface area contributed by atoms with Crippen LogP contribution >= 0.6 is 0 Å². The van der Waals surface area contributed by atoms with Gasteiger partial charge in [0.05, 0.1) is 11.2 Å². The highest BCUT2D eigenvalue weighted by Gasteiger charge is 2.19. The third-order valence-corrected chi connectivity index (χ3v) is 7.87. The number of rotatable bonds is 5. The van der Waals surface area contributed by atoms with Crippen molar-refractivity contribution in [1.29, 1.82) is 0 Å². The molecule has 40 heavy (non-hydrogen) atoms. The zero-order valence-electron chi connectivity index (χ0n) is 22.5. The van der Waals surface area contributed by atoms with Crippen LogP contribution in [0.1, 0.15) is 18.2 Å². The quantitative estimate of drug-likeness (QED) is 0.203. The highest BCUT2D eigenvalue weighted by atomic mass is 15.0. The Labute approximate surface area is 235 Å². The van der Waals surface area contributed by atoms with Crippen LogP contribution in [-0.4, -0.2) is 4.57 Å². The Morgan fingerprint density at radius 3 is 1.68 bits per heavy atom. The second-order valence-corrected chi connectivity index (χ2v) is 10.1. The number of aromatic nitrogens is 1. The van der Waals surface area contributed by atoms with Crippen molar-refractivity contribution in [2.75, 3.05) is 0 Å². The van der Waals surface area contributed by atoms with Gasteiger partial charge in [-0.05, 0) is 75.0 Å². The number of hydrogen-bond donors (Lipinski definition) is 0. The van der Waals surface area contributed by atoms with E-state index < -0.39 is 0 Å². The second kappa shape index (κ2) is 9.87. The van der Waals surface area contributed by atoms with Crippen LogP contribution in [0.3, 0.4) is 0 Å². The molecule has 0 aliphatic rings. The van der Waals surface area contributed by atoms with Gasteiger partial charge in [-0.25, -0.2) is 0 Å². The molecule has 0 fully saturated rings. The minimum atomic E-state index is 1.14. The van der Waals surface area contributed by atoms with Gasteiger partial charge in [0.15, 0.2) is 0 Å². The highest BCUT2D eigenvalue weighted by molar-refractivity contribution is 6.21. The van der Waals surface area contributed by atoms with Gasteiger partial charge in [0, 0.05) is 16.6 Å². The Balaban J connectivity index is 1.66. The molecule has 0 aliphatic heterocycles. The van der Waals surface area contributed by atoms with E-state index in [1.807, 2.05) is 6.08 Å². The van der Waals surface area contributed by atoms with E-state index in [2.05, 4.69) is 158 Å². The molecule has 0 saturated heterocycles. The van der Waals surface area contributed by atoms with E-state index in [9.17, 15) is 0 Å². The molecule has 0 unspecified atom stereocenters. The van der Waals surface area contributed by atoms with Crippen LogP contribution in [0.2, 0.25) is 0 Å². The summed E-state index contributed by atoms with van der Waals surface area (Å²) in [7, 11) is 0. The number of hydrogen-bond acceptors (Lipinski definition) is 0. The van der Waals surface area contributed by atoms with Crippen molar-refractivity contribution >= 4 is 44.6 Å². The SMILES string of the molecule is C=Cc1c(/C=C\C)n(-c2ccc3c(-c4ccccc4)c4ccccc4c(-c4ccccc4)c3c2)c2ccccc12. The third kappa shape index (κ3) is 3.71. The van der Waals surface area contributed by atoms with Crippen molar-refractivity contribution < 1.29 is 0 Å². The van der Waals surface area contributed by atoms with Gasteiger partial charge >= 0.3 is 0 Å². The predicted molar refractivity (Wildman–Crippen MR) is 174 cm³/mol. The summed E-state index contributed by atoms with van der Waals surface area (Å²) in [5.41, 5.74) is 9.59. The molecule has 1 heteroatoms. The molecule has 0 bridgehead atoms. The molecule has 1 aromatic heterocycles. The monoisotopic (exact) mass is 511 g/mol. The van der Waals surface area contributed by atoms with E-state index in [0.29, 0.717) is 0 Å². The largest absolute Gasteiger partial charge is 0.309 e. The number of nitrogens with zero attached hydrogens (tertiary/aromatic N) is 1. The fraction of sp³-hybridized carbons (Fsp3) is 0.0256. The van der Waals surface area contributed by atoms with Crippen LogP contribution in [-0.2, 0) is 0 Å². The first-order valence-electron chi connectivity index (χ1n) is 13.8. The summed E-state index contributed by atoms with van der Waals surface area (Å²) in [6.45, 7) is 6.24. The molecule has 0 N–H and O–H groups in total. The summed E-state index contributed by atoms with van der Waals surface area (Å²) >= 11 is 0. The molecule has 1 heterocycles. The van der Waals surface area contributed by atoms with Gasteiger partial charge in [0.2, 0.25) is 0 Å². The van der Waals surface area contributed by atoms with Crippen LogP contribution in [0, 0.1) is 0 Å². The van der Waals surface area contributed by atoms with Crippen molar-refractivity contribution in [3.8, 4) is 27.9 Å². The van der Waals surface area contributed by atoms with Gasteiger partial charge in [-0.1, -0.05) is 128 Å². The average Bonchev–Trinajstić information content (AvgIpc) is 3.33. The summed E-state index contributed by atoms with van der Waals surface area (Å²) < 4.78 is 2.37. The lowest BCUT2D eigenvalue weighted by atomic mass is 9.86. The maximum absolute atomic E-state index is 4.17. The fourth-order valence-electron chi connectivity index (χ4n) is 6.24. The van der Waals surface area contributed by atoms with E-state index in [-0.39, 0.29) is 0 Å². The van der Waals surface area contributed by atoms with Crippen molar-refractivity contribution in [2.24, 2.45) is 0 Å². The van der Waals surface area contributed by atoms with Crippen LogP contribution in [0.15, 0.2) is 140 Å². The molecule has 0 aliphatic carbocycles. The first kappa shape index (κ1) is 23.9. The summed E-state index contributed by atoms with van der Waals surface area (Å²) in [4.78, 5) is 0. The van der Waals surface area contributed by atoms with Crippen LogP contribution in [0.5, 0.6) is 0 Å². The van der Waals surface area contributed by atoms with Crippen molar-refractivity contribution in [1.82, 2.24) is 4.57 Å². The van der Waals surface area contributed by atoms with Gasteiger partial charge in [0.1, 0.15) is 0 Å². The van der Waals surface area contributed by atoms with Gasteiger partial charge in [-0.15, -0.1) is 0 Å². The molecule has 6 aromatic carbocycles. The van der Waals surface area contributed by atoms with Crippen LogP contribution < -0.4 is 0 Å². The molecular weight excluding hydrogens is 482 g/mol. The highest BCUT2D eigenvalue weighted by Crippen LogP contribution is 2.44. The number of para-hydroxylation sites is 1. The zero-order valence-corrected chi connectivity index (χ0v) is 22.5. The summed E-state index contributed by atoms with van der Waals surface area (Å²) in [6, 6.07) is 46.0. The molecule has 7 aromatic rings. The van der Waals surface area contributed by atoms with Gasteiger partial charge < -0.3 is 4.57 Å². The zero-order chi connectivity index (χ0) is 27.1. The van der Waals surface area contributed by atoms with Crippen molar-refractivity contribution in [3.05, 3.63) is 151 Å². The summed E-state index contributed by atoms with van der Waals surface area (Å²) in [5, 5.41) is 6.22. The Bertz CT molecular complexity index is 2060. The lowest BCUT2D eigenvalue weighted by molar-refractivity contribution is 1.11. The number of fused-ring (bicyclic) bond motifs is 3. The Hall–Kier alpha value is -5.14. The molecule has 0 radical (unpaired) electrons. The first-order valence-corrected chi connectivity index (χ1v) is 13.8. The number of allylic oxidation sites excluding steroid dienone is 1. The summed E-state index contributed by atoms with van der Waals surface area (Å²) in [6.07, 6.45) is 6.27. The van der Waals surface area contributed by atoms with E-state index in [0.717, 1.165) is 16.9 Å². The average molecular weight is 512 g/mol. The maximum atomic E-state index is 4.17. The molecule has 0 amide bonds. The van der Waals surface area contributed by atoms with Crippen LogP contribution in [0.25, 0.3) is 72.5 Å². The number of benzene rings is 6. The molecule has 1 nitrogen and oxygen atoms in total. The predicted octanol–water partition coefficient (Wildman–Crippen LogP) is 10.9. The molecule has 0 atom stereocenters. The van der Waals surface area contributed by atoms with Crippen LogP contribution in [0.4, 0.5) is 0 Å². The third-order valence-electron chi connectivity index (χ3n) is 7.87. The summed E-state index contributed by atoms with van der Waals surface area (Å²) in [5.74, 6) is 0. The molecule has 0 saturated carbocycles. The molecule has 190 valence electrons. The fourth-order valence-corrected chi connectivity index (χ4v) is 6.24. The van der Waals surface area contributed by atoms with Gasteiger partial charge in [-0.3, -0.25) is 0 Å². The lowest BCUT2D eigenvalue weighted by Crippen LogP contribution is -1.98. The Morgan fingerprint density at radius 1 is 0.550 bits per heavy atom. The second-order valence-electron chi connectivity index (χ2n) is 10.1. The van der Waals surface area contributed by atoms with E-state index >= 15 is 0 Å². The topological polar surface area (TPSA) is 4.93 Å². The van der Waals surface area contributed by atoms with Crippen molar-refractivity contribution in [3.63, 3.8) is 0 Å². The van der Waals surface area contributed by atoms with E-state index in [1.165, 1.54) is 54.7 Å². The van der Waals surface area contributed by atoms with E-state index in [4.69, 9.17) is 0 Å². The maximum Gasteiger partial charge on any atom is 0.0541 e. The molecule has 7 rings (SSSR count). The normalized spacial score (nSPS) is 11.6. The van der Waals surface area contributed by atoms with Crippen molar-refractivity contribution in [2.45, 2.75) is 6.92 Å². The van der Waals surface area contributed by atoms with Gasteiger partial charge in [0.25, 0.3) is 0 Å². The Morgan fingerprint density at radius 2 is 1.07 bits per heavy atom. The standard InChI is InChI=1S/C39H29N/c1-3-15-36-30(4-2)31-20-13-14-23-37(31)40(36)29-24-25-34-35(26-29)39(28-18-9-6-10-19-28)33-22-12-11-21-32(33)38(34)27-16-7-5-8-17-27/h3-26H,2H2,1H3/b15-3-. The first-order chi connectivity index (χ1) is 19.8. The minimum absolute atomic E-state index is 1.14.